The van der Waals surface area contributed by atoms with Gasteiger partial charge in [-0.2, -0.15) is 0 Å². The molecular formula is C20H14FN5O3S. The number of nitrogens with one attached hydrogen (secondary N) is 1. The number of carbonyl (C=O) groups is 1. The monoisotopic (exact) mass is 423 g/mol. The third-order valence-corrected chi connectivity index (χ3v) is 5.17. The SMILES string of the molecule is Cc1ncc(NC(=O)c2ccc([N+](=O)[O-])cc2)n1-c1nc(-c2ccc(F)cc2)cs1. The van der Waals surface area contributed by atoms with E-state index in [1.165, 1.54) is 53.9 Å². The first-order valence-corrected chi connectivity index (χ1v) is 9.62. The lowest BCUT2D eigenvalue weighted by Crippen LogP contribution is -2.15. The molecule has 8 nitrogen and oxygen atoms in total. The molecule has 0 saturated carbocycles. The van der Waals surface area contributed by atoms with Gasteiger partial charge in [-0.1, -0.05) is 0 Å². The first-order chi connectivity index (χ1) is 14.4. The highest BCUT2D eigenvalue weighted by Crippen LogP contribution is 2.28. The van der Waals surface area contributed by atoms with Crippen LogP contribution in [0.1, 0.15) is 16.2 Å². The fourth-order valence-electron chi connectivity index (χ4n) is 2.82. The number of nitrogens with zero attached hydrogens (tertiary/aromatic N) is 4. The van der Waals surface area contributed by atoms with Crippen molar-refractivity contribution in [1.29, 1.82) is 0 Å². The number of aryl methyl sites for hydroxylation is 1. The van der Waals surface area contributed by atoms with Gasteiger partial charge < -0.3 is 5.32 Å². The van der Waals surface area contributed by atoms with E-state index in [4.69, 9.17) is 0 Å². The van der Waals surface area contributed by atoms with E-state index in [1.807, 2.05) is 5.38 Å². The molecule has 0 saturated heterocycles. The lowest BCUT2D eigenvalue weighted by atomic mass is 10.2. The van der Waals surface area contributed by atoms with Crippen molar-refractivity contribution >= 4 is 28.7 Å². The number of imidazole rings is 1. The molecule has 0 radical (unpaired) electrons. The summed E-state index contributed by atoms with van der Waals surface area (Å²) < 4.78 is 14.9. The van der Waals surface area contributed by atoms with Crippen LogP contribution < -0.4 is 5.32 Å². The molecule has 0 atom stereocenters. The Morgan fingerprint density at radius 1 is 1.17 bits per heavy atom. The molecule has 0 aliphatic heterocycles. The van der Waals surface area contributed by atoms with Crippen LogP contribution in [0.3, 0.4) is 0 Å². The van der Waals surface area contributed by atoms with Crippen LogP contribution >= 0.6 is 11.3 Å². The Morgan fingerprint density at radius 3 is 2.53 bits per heavy atom. The van der Waals surface area contributed by atoms with Gasteiger partial charge in [0.05, 0.1) is 16.8 Å². The summed E-state index contributed by atoms with van der Waals surface area (Å²) in [5.41, 5.74) is 1.63. The predicted molar refractivity (Wildman–Crippen MR) is 110 cm³/mol. The second kappa shape index (κ2) is 7.84. The summed E-state index contributed by atoms with van der Waals surface area (Å²) in [5, 5.41) is 16.0. The zero-order valence-electron chi connectivity index (χ0n) is 15.6. The minimum absolute atomic E-state index is 0.0939. The van der Waals surface area contributed by atoms with Crippen LogP contribution in [0.2, 0.25) is 0 Å². The third kappa shape index (κ3) is 3.80. The summed E-state index contributed by atoms with van der Waals surface area (Å²) in [4.78, 5) is 31.6. The molecule has 0 unspecified atom stereocenters. The zero-order valence-corrected chi connectivity index (χ0v) is 16.4. The maximum absolute atomic E-state index is 13.2. The Hall–Kier alpha value is -3.92. The van der Waals surface area contributed by atoms with Crippen LogP contribution in [0.15, 0.2) is 60.1 Å². The van der Waals surface area contributed by atoms with Crippen molar-refractivity contribution < 1.29 is 14.1 Å². The second-order valence-electron chi connectivity index (χ2n) is 6.31. The molecule has 4 rings (SSSR count). The summed E-state index contributed by atoms with van der Waals surface area (Å²) in [5.74, 6) is 0.280. The number of amides is 1. The van der Waals surface area contributed by atoms with Gasteiger partial charge >= 0.3 is 0 Å². The molecular weight excluding hydrogens is 409 g/mol. The molecule has 2 heterocycles. The van der Waals surface area contributed by atoms with Gasteiger partial charge in [0.15, 0.2) is 5.13 Å². The maximum atomic E-state index is 13.2. The molecule has 30 heavy (non-hydrogen) atoms. The number of carbonyl (C=O) groups excluding carboxylic acids is 1. The summed E-state index contributed by atoms with van der Waals surface area (Å²) in [6, 6.07) is 11.3. The number of halogens is 1. The molecule has 2 aromatic heterocycles. The first-order valence-electron chi connectivity index (χ1n) is 8.74. The van der Waals surface area contributed by atoms with Crippen LogP contribution in [0.5, 0.6) is 0 Å². The number of nitro groups is 1. The molecule has 0 fully saturated rings. The van der Waals surface area contributed by atoms with Crippen LogP contribution in [0.25, 0.3) is 16.4 Å². The Balaban J connectivity index is 1.60. The minimum atomic E-state index is -0.527. The molecule has 2 aromatic carbocycles. The van der Waals surface area contributed by atoms with Gasteiger partial charge in [-0.3, -0.25) is 19.5 Å². The molecule has 10 heteroatoms. The van der Waals surface area contributed by atoms with E-state index in [0.29, 0.717) is 22.5 Å². The van der Waals surface area contributed by atoms with Crippen molar-refractivity contribution in [2.24, 2.45) is 0 Å². The summed E-state index contributed by atoms with van der Waals surface area (Å²) in [7, 11) is 0. The van der Waals surface area contributed by atoms with Crippen LogP contribution in [0.4, 0.5) is 15.9 Å². The van der Waals surface area contributed by atoms with Gasteiger partial charge in [0.2, 0.25) is 0 Å². The van der Waals surface area contributed by atoms with E-state index in [9.17, 15) is 19.3 Å². The van der Waals surface area contributed by atoms with E-state index in [0.717, 1.165) is 5.56 Å². The number of thiazole rings is 1. The van der Waals surface area contributed by atoms with Crippen molar-refractivity contribution in [2.45, 2.75) is 6.92 Å². The van der Waals surface area contributed by atoms with Gasteiger partial charge in [0, 0.05) is 28.6 Å². The Morgan fingerprint density at radius 2 is 1.87 bits per heavy atom. The first kappa shape index (κ1) is 19.4. The standard InChI is InChI=1S/C20H14FN5O3S/c1-12-22-10-18(24-19(27)14-4-8-16(9-5-14)26(28)29)25(12)20-23-17(11-30-20)13-2-6-15(21)7-3-13/h2-11H,1H3,(H,24,27). The highest BCUT2D eigenvalue weighted by Gasteiger charge is 2.17. The maximum Gasteiger partial charge on any atom is 0.269 e. The minimum Gasteiger partial charge on any atom is -0.306 e. The van der Waals surface area contributed by atoms with E-state index in [-0.39, 0.29) is 17.1 Å². The average Bonchev–Trinajstić information content (AvgIpc) is 3.35. The lowest BCUT2D eigenvalue weighted by Gasteiger charge is -2.08. The molecule has 0 bridgehead atoms. The topological polar surface area (TPSA) is 103 Å². The predicted octanol–water partition coefficient (Wildman–Crippen LogP) is 4.60. The van der Waals surface area contributed by atoms with Crippen LogP contribution in [-0.4, -0.2) is 25.4 Å². The number of anilines is 1. The van der Waals surface area contributed by atoms with Crippen LogP contribution in [0, 0.1) is 22.9 Å². The Kier molecular flexibility index (Phi) is 5.07. The highest BCUT2D eigenvalue weighted by molar-refractivity contribution is 7.12. The smallest absolute Gasteiger partial charge is 0.269 e. The fourth-order valence-corrected chi connectivity index (χ4v) is 3.71. The summed E-state index contributed by atoms with van der Waals surface area (Å²) in [6.45, 7) is 1.78. The molecule has 1 N–H and O–H groups in total. The van der Waals surface area contributed by atoms with Gasteiger partial charge in [0.1, 0.15) is 17.5 Å². The molecule has 0 aliphatic carbocycles. The zero-order chi connectivity index (χ0) is 21.3. The quantitative estimate of drug-likeness (QED) is 0.373. The third-order valence-electron chi connectivity index (χ3n) is 4.34. The van der Waals surface area contributed by atoms with Crippen molar-refractivity contribution in [3.8, 4) is 16.4 Å². The van der Waals surface area contributed by atoms with E-state index in [2.05, 4.69) is 15.3 Å². The van der Waals surface area contributed by atoms with E-state index in [1.54, 1.807) is 23.6 Å². The van der Waals surface area contributed by atoms with Crippen LogP contribution in [-0.2, 0) is 0 Å². The number of rotatable bonds is 5. The number of aromatic nitrogens is 3. The Bertz CT molecular complexity index is 1230. The molecule has 150 valence electrons. The average molecular weight is 423 g/mol. The van der Waals surface area contributed by atoms with Crippen molar-refractivity contribution in [3.63, 3.8) is 0 Å². The Labute approximate surface area is 173 Å². The van der Waals surface area contributed by atoms with Gasteiger partial charge in [-0.25, -0.2) is 14.4 Å². The van der Waals surface area contributed by atoms with E-state index < -0.39 is 10.8 Å². The number of hydrogen-bond acceptors (Lipinski definition) is 6. The normalized spacial score (nSPS) is 10.7. The highest BCUT2D eigenvalue weighted by atomic mass is 32.1. The number of benzene rings is 2. The number of nitro benzene ring substituents is 1. The summed E-state index contributed by atoms with van der Waals surface area (Å²) in [6.07, 6.45) is 1.51. The summed E-state index contributed by atoms with van der Waals surface area (Å²) >= 11 is 1.35. The van der Waals surface area contributed by atoms with Crippen molar-refractivity contribution in [3.05, 3.63) is 87.4 Å². The molecule has 4 aromatic rings. The second-order valence-corrected chi connectivity index (χ2v) is 7.14. The number of hydrogen-bond donors (Lipinski definition) is 1. The van der Waals surface area contributed by atoms with E-state index >= 15 is 0 Å². The largest absolute Gasteiger partial charge is 0.306 e. The lowest BCUT2D eigenvalue weighted by molar-refractivity contribution is -0.384. The number of non-ortho nitro benzene ring substituents is 1. The van der Waals surface area contributed by atoms with Crippen molar-refractivity contribution in [1.82, 2.24) is 14.5 Å². The molecule has 0 spiro atoms. The van der Waals surface area contributed by atoms with Gasteiger partial charge in [-0.05, 0) is 43.3 Å². The van der Waals surface area contributed by atoms with Crippen molar-refractivity contribution in [2.75, 3.05) is 5.32 Å². The molecule has 1 amide bonds. The van der Waals surface area contributed by atoms with Gasteiger partial charge in [0.25, 0.3) is 11.6 Å². The molecule has 0 aliphatic rings. The van der Waals surface area contributed by atoms with Gasteiger partial charge in [-0.15, -0.1) is 11.3 Å². The fraction of sp³-hybridized carbons (Fsp3) is 0.0500.